The third-order valence-corrected chi connectivity index (χ3v) is 4.75. The summed E-state index contributed by atoms with van der Waals surface area (Å²) in [5, 5.41) is 13.3. The highest BCUT2D eigenvalue weighted by Gasteiger charge is 2.12. The maximum absolute atomic E-state index is 11.8. The predicted octanol–water partition coefficient (Wildman–Crippen LogP) is 4.28. The molecule has 3 amide bonds. The van der Waals surface area contributed by atoms with Crippen molar-refractivity contribution in [3.8, 4) is 11.8 Å². The molecule has 3 aromatic rings. The Balaban J connectivity index is 1.77. The van der Waals surface area contributed by atoms with Gasteiger partial charge in [-0.3, -0.25) is 10.1 Å². The zero-order valence-corrected chi connectivity index (χ0v) is 16.8. The molecule has 3 N–H and O–H groups in total. The molecule has 29 heavy (non-hydrogen) atoms. The predicted molar refractivity (Wildman–Crippen MR) is 114 cm³/mol. The number of halogens is 1. The minimum atomic E-state index is -1.02. The molecular weight excluding hydrogens is 434 g/mol. The first kappa shape index (κ1) is 20.1. The number of carbonyl (C=O) groups excluding carboxylic acids is 2. The van der Waals surface area contributed by atoms with Crippen molar-refractivity contribution in [3.05, 3.63) is 81.8 Å². The zero-order valence-electron chi connectivity index (χ0n) is 15.2. The smallest absolute Gasteiger partial charge is 0.319 e. The number of nitrogens with zero attached hydrogens (tertiary/aromatic N) is 1. The molecule has 0 saturated carbocycles. The fourth-order valence-electron chi connectivity index (χ4n) is 2.79. The minimum absolute atomic E-state index is 0.236. The van der Waals surface area contributed by atoms with E-state index in [-0.39, 0.29) is 5.57 Å². The van der Waals surface area contributed by atoms with Crippen molar-refractivity contribution in [2.75, 3.05) is 0 Å². The maximum atomic E-state index is 11.8. The Hall–Kier alpha value is -3.63. The number of rotatable bonds is 5. The Morgan fingerprint density at radius 3 is 2.62 bits per heavy atom. The summed E-state index contributed by atoms with van der Waals surface area (Å²) in [6, 6.07) is 20.0. The van der Waals surface area contributed by atoms with Crippen LogP contribution in [0.4, 0.5) is 4.79 Å². The first-order valence-electron chi connectivity index (χ1n) is 8.59. The van der Waals surface area contributed by atoms with E-state index in [1.165, 1.54) is 6.08 Å². The SMILES string of the molecule is N#C/C(=C/c1ccc(OCc2cccc3ccccc23)c(Br)c1)C(=O)NC(N)=O. The fourth-order valence-corrected chi connectivity index (χ4v) is 3.30. The van der Waals surface area contributed by atoms with Crippen LogP contribution >= 0.6 is 15.9 Å². The molecule has 144 valence electrons. The van der Waals surface area contributed by atoms with E-state index in [0.717, 1.165) is 16.3 Å². The number of primary amides is 1. The van der Waals surface area contributed by atoms with Crippen LogP contribution in [-0.2, 0) is 11.4 Å². The highest BCUT2D eigenvalue weighted by molar-refractivity contribution is 9.10. The van der Waals surface area contributed by atoms with Gasteiger partial charge in [0.15, 0.2) is 0 Å². The van der Waals surface area contributed by atoms with Gasteiger partial charge in [0.1, 0.15) is 24.0 Å². The third kappa shape index (κ3) is 5.00. The molecule has 0 radical (unpaired) electrons. The van der Waals surface area contributed by atoms with Gasteiger partial charge in [-0.2, -0.15) is 5.26 Å². The summed E-state index contributed by atoms with van der Waals surface area (Å²) in [5.41, 5.74) is 6.32. The molecular formula is C22H16BrN3O3. The molecule has 0 bridgehead atoms. The molecule has 3 aromatic carbocycles. The number of nitrogens with two attached hydrogens (primary N) is 1. The van der Waals surface area contributed by atoms with E-state index < -0.39 is 11.9 Å². The molecule has 3 rings (SSSR count). The van der Waals surface area contributed by atoms with E-state index in [2.05, 4.69) is 34.1 Å². The molecule has 7 heteroatoms. The fraction of sp³-hybridized carbons (Fsp3) is 0.0455. The number of hydrogen-bond donors (Lipinski definition) is 2. The van der Waals surface area contributed by atoms with Gasteiger partial charge >= 0.3 is 6.03 Å². The molecule has 0 spiro atoms. The summed E-state index contributed by atoms with van der Waals surface area (Å²) in [6.07, 6.45) is 1.36. The summed E-state index contributed by atoms with van der Waals surface area (Å²) in [5.74, 6) is -0.234. The van der Waals surface area contributed by atoms with Gasteiger partial charge in [-0.05, 0) is 56.0 Å². The molecule has 0 atom stereocenters. The second kappa shape index (κ2) is 9.04. The highest BCUT2D eigenvalue weighted by Crippen LogP contribution is 2.28. The lowest BCUT2D eigenvalue weighted by Gasteiger charge is -2.11. The van der Waals surface area contributed by atoms with Gasteiger partial charge in [0, 0.05) is 0 Å². The van der Waals surface area contributed by atoms with Crippen LogP contribution in [0, 0.1) is 11.3 Å². The second-order valence-electron chi connectivity index (χ2n) is 6.10. The van der Waals surface area contributed by atoms with Crippen molar-refractivity contribution < 1.29 is 14.3 Å². The Bertz CT molecular complexity index is 1160. The van der Waals surface area contributed by atoms with Gasteiger partial charge in [-0.25, -0.2) is 4.79 Å². The Kier molecular flexibility index (Phi) is 6.27. The number of amides is 3. The molecule has 0 fully saturated rings. The summed E-state index contributed by atoms with van der Waals surface area (Å²) >= 11 is 3.45. The van der Waals surface area contributed by atoms with E-state index in [0.29, 0.717) is 22.4 Å². The van der Waals surface area contributed by atoms with Gasteiger partial charge in [-0.15, -0.1) is 0 Å². The number of nitriles is 1. The van der Waals surface area contributed by atoms with Gasteiger partial charge in [0.25, 0.3) is 5.91 Å². The number of imide groups is 1. The second-order valence-corrected chi connectivity index (χ2v) is 6.96. The molecule has 6 nitrogen and oxygen atoms in total. The highest BCUT2D eigenvalue weighted by atomic mass is 79.9. The number of benzene rings is 3. The van der Waals surface area contributed by atoms with E-state index in [1.807, 2.05) is 29.6 Å². The van der Waals surface area contributed by atoms with Crippen molar-refractivity contribution >= 4 is 44.7 Å². The Labute approximate surface area is 175 Å². The van der Waals surface area contributed by atoms with Crippen LogP contribution in [0.5, 0.6) is 5.75 Å². The minimum Gasteiger partial charge on any atom is -0.488 e. The molecule has 0 aliphatic heterocycles. The van der Waals surface area contributed by atoms with E-state index in [9.17, 15) is 9.59 Å². The number of urea groups is 1. The number of ether oxygens (including phenoxy) is 1. The lowest BCUT2D eigenvalue weighted by Crippen LogP contribution is -2.35. The van der Waals surface area contributed by atoms with Crippen LogP contribution in [0.3, 0.4) is 0 Å². The van der Waals surface area contributed by atoms with Gasteiger partial charge in [0.2, 0.25) is 0 Å². The van der Waals surface area contributed by atoms with E-state index in [1.54, 1.807) is 24.3 Å². The van der Waals surface area contributed by atoms with Crippen LogP contribution < -0.4 is 15.8 Å². The number of hydrogen-bond acceptors (Lipinski definition) is 4. The zero-order chi connectivity index (χ0) is 20.8. The first-order chi connectivity index (χ1) is 14.0. The monoisotopic (exact) mass is 449 g/mol. The van der Waals surface area contributed by atoms with Crippen molar-refractivity contribution in [2.24, 2.45) is 5.73 Å². The van der Waals surface area contributed by atoms with Crippen LogP contribution in [0.15, 0.2) is 70.7 Å². The van der Waals surface area contributed by atoms with Crippen LogP contribution in [-0.4, -0.2) is 11.9 Å². The summed E-state index contributed by atoms with van der Waals surface area (Å²) in [6.45, 7) is 0.388. The lowest BCUT2D eigenvalue weighted by molar-refractivity contribution is -0.115. The van der Waals surface area contributed by atoms with Crippen molar-refractivity contribution in [3.63, 3.8) is 0 Å². The van der Waals surface area contributed by atoms with Gasteiger partial charge < -0.3 is 10.5 Å². The van der Waals surface area contributed by atoms with E-state index in [4.69, 9.17) is 15.7 Å². The van der Waals surface area contributed by atoms with Crippen LogP contribution in [0.25, 0.3) is 16.8 Å². The topological polar surface area (TPSA) is 105 Å². The summed E-state index contributed by atoms with van der Waals surface area (Å²) in [4.78, 5) is 22.5. The van der Waals surface area contributed by atoms with Gasteiger partial charge in [0.05, 0.1) is 4.47 Å². The molecule has 0 heterocycles. The van der Waals surface area contributed by atoms with Crippen LogP contribution in [0.1, 0.15) is 11.1 Å². The standard InChI is InChI=1S/C22H16BrN3O3/c23-19-11-14(10-17(12-24)21(27)26-22(25)28)8-9-20(19)29-13-16-6-3-5-15-4-1-2-7-18(15)16/h1-11H,13H2,(H3,25,26,27,28)/b17-10-. The van der Waals surface area contributed by atoms with E-state index >= 15 is 0 Å². The largest absolute Gasteiger partial charge is 0.488 e. The third-order valence-electron chi connectivity index (χ3n) is 4.13. The normalized spacial score (nSPS) is 11.0. The molecule has 0 aromatic heterocycles. The Morgan fingerprint density at radius 1 is 1.14 bits per heavy atom. The quantitative estimate of drug-likeness (QED) is 0.447. The lowest BCUT2D eigenvalue weighted by atomic mass is 10.1. The average Bonchev–Trinajstić information content (AvgIpc) is 2.70. The van der Waals surface area contributed by atoms with Gasteiger partial charge in [-0.1, -0.05) is 48.5 Å². The summed E-state index contributed by atoms with van der Waals surface area (Å²) in [7, 11) is 0. The number of carbonyl (C=O) groups is 2. The molecule has 0 unspecified atom stereocenters. The van der Waals surface area contributed by atoms with Crippen molar-refractivity contribution in [1.82, 2.24) is 5.32 Å². The molecule has 0 saturated heterocycles. The average molecular weight is 450 g/mol. The summed E-state index contributed by atoms with van der Waals surface area (Å²) < 4.78 is 6.61. The Morgan fingerprint density at radius 2 is 1.90 bits per heavy atom. The number of fused-ring (bicyclic) bond motifs is 1. The van der Waals surface area contributed by atoms with Crippen molar-refractivity contribution in [1.29, 1.82) is 5.26 Å². The maximum Gasteiger partial charge on any atom is 0.319 e. The first-order valence-corrected chi connectivity index (χ1v) is 9.39. The molecule has 0 aliphatic rings. The molecule has 0 aliphatic carbocycles. The van der Waals surface area contributed by atoms with Crippen LogP contribution in [0.2, 0.25) is 0 Å². The van der Waals surface area contributed by atoms with Crippen molar-refractivity contribution in [2.45, 2.75) is 6.61 Å². The number of nitrogens with one attached hydrogen (secondary N) is 1.